The van der Waals surface area contributed by atoms with Crippen LogP contribution in [0.1, 0.15) is 94.4 Å². The molecule has 0 unspecified atom stereocenters. The molecule has 0 aliphatic rings. The van der Waals surface area contributed by atoms with Crippen LogP contribution in [-0.2, 0) is 37.8 Å². The molecule has 75 heavy (non-hydrogen) atoms. The number of unbranched alkanes of at least 4 members (excludes halogenated alkanes) is 2. The van der Waals surface area contributed by atoms with Crippen LogP contribution in [0.25, 0.3) is 45.0 Å². The van der Waals surface area contributed by atoms with Crippen molar-refractivity contribution in [1.82, 2.24) is 59.9 Å². The molecule has 0 spiro atoms. The molecule has 4 aromatic heterocycles. The van der Waals surface area contributed by atoms with Crippen LogP contribution in [0.2, 0.25) is 10.3 Å². The number of benzene rings is 6. The summed E-state index contributed by atoms with van der Waals surface area (Å²) >= 11 is 15.4. The first kappa shape index (κ1) is 53.6. The van der Waals surface area contributed by atoms with Gasteiger partial charge in [-0.05, 0) is 78.2 Å². The number of nitrogens with zero attached hydrogens (tertiary/aromatic N) is 11. The third-order valence-corrected chi connectivity index (χ3v) is 13.5. The Balaban J connectivity index is 0.000000170. The standard InChI is InChI=1S/C29H27ClN6O.C21H17BrN4.C8H11ClN2O/c1-2-3-13-27-31-28(30)26(20-37)35(27)18-22-14-16-23(17-15-22)24-11-7-8-12-25(24)29-32-33-34-36(29)19-21-9-5-4-6-10-21;22-14-16-10-12-18(13-11-16)19-8-4-5-9-20(19)21-23-24-25-26(21)15-17-6-2-1-3-7-17;1-2-3-4-7-10-6(5-12)8(9)11-7/h4-12,14-17,20H,2-3,13,18-19H2,1H3;1-13H,14-15H2;5H,2-4H2,1H3,(H,10,11). The van der Waals surface area contributed by atoms with E-state index in [1.807, 2.05) is 80.7 Å². The van der Waals surface area contributed by atoms with Crippen molar-refractivity contribution in [2.45, 2.75) is 77.3 Å². The lowest BCUT2D eigenvalue weighted by atomic mass is 9.98. The Morgan fingerprint density at radius 1 is 0.533 bits per heavy atom. The van der Waals surface area contributed by atoms with E-state index in [2.05, 4.69) is 167 Å². The minimum absolute atomic E-state index is 0.264. The molecule has 4 heterocycles. The van der Waals surface area contributed by atoms with E-state index in [4.69, 9.17) is 23.2 Å². The van der Waals surface area contributed by atoms with Crippen molar-refractivity contribution in [3.63, 3.8) is 0 Å². The summed E-state index contributed by atoms with van der Waals surface area (Å²) in [7, 11) is 0. The van der Waals surface area contributed by atoms with Gasteiger partial charge in [-0.2, -0.15) is 0 Å². The molecule has 0 aliphatic carbocycles. The number of carbonyl (C=O) groups excluding carboxylic acids is 2. The van der Waals surface area contributed by atoms with Gasteiger partial charge in [0.05, 0.1) is 13.1 Å². The Labute approximate surface area is 454 Å². The molecule has 0 aliphatic heterocycles. The average molecular weight is 1100 g/mol. The molecule has 0 atom stereocenters. The quantitative estimate of drug-likeness (QED) is 0.0608. The SMILES string of the molecule is BrCc1ccc(-c2ccccc2-c2nnnn2Cc2ccccc2)cc1.CCCCc1nc(C=O)c(Cl)[nH]1.CCCCc1nc(Cl)c(C=O)n1Cc1ccc(-c2ccccc2-c2nnnn2Cc2ccccc2)cc1. The maximum Gasteiger partial charge on any atom is 0.182 e. The molecular formula is C58H55BrCl2N12O2. The maximum atomic E-state index is 11.7. The van der Waals surface area contributed by atoms with Crippen molar-refractivity contribution in [2.75, 3.05) is 0 Å². The minimum atomic E-state index is 0.264. The highest BCUT2D eigenvalue weighted by atomic mass is 79.9. The summed E-state index contributed by atoms with van der Waals surface area (Å²) in [6.45, 7) is 5.99. The highest BCUT2D eigenvalue weighted by Crippen LogP contribution is 2.33. The van der Waals surface area contributed by atoms with Gasteiger partial charge in [-0.3, -0.25) is 9.59 Å². The normalized spacial score (nSPS) is 10.8. The first-order valence-corrected chi connectivity index (χ1v) is 26.6. The van der Waals surface area contributed by atoms with Crippen LogP contribution < -0.4 is 0 Å². The molecular weight excluding hydrogens is 1050 g/mol. The third-order valence-electron chi connectivity index (χ3n) is 12.3. The average Bonchev–Trinajstić information content (AvgIpc) is 4.27. The van der Waals surface area contributed by atoms with Crippen LogP contribution in [0.4, 0.5) is 0 Å². The number of aromatic amines is 1. The van der Waals surface area contributed by atoms with Crippen LogP contribution in [0.5, 0.6) is 0 Å². The molecule has 10 aromatic rings. The van der Waals surface area contributed by atoms with E-state index < -0.39 is 0 Å². The number of H-pyrrole nitrogens is 1. The molecule has 380 valence electrons. The lowest BCUT2D eigenvalue weighted by Crippen LogP contribution is -2.08. The third kappa shape index (κ3) is 13.9. The van der Waals surface area contributed by atoms with Crippen LogP contribution >= 0.6 is 39.1 Å². The molecule has 14 nitrogen and oxygen atoms in total. The lowest BCUT2D eigenvalue weighted by Gasteiger charge is -2.12. The Hall–Kier alpha value is -7.72. The zero-order valence-electron chi connectivity index (χ0n) is 41.6. The second kappa shape index (κ2) is 27.0. The molecule has 0 saturated carbocycles. The number of aryl methyl sites for hydroxylation is 2. The van der Waals surface area contributed by atoms with Gasteiger partial charge in [-0.1, -0.05) is 224 Å². The first-order valence-electron chi connectivity index (χ1n) is 24.7. The summed E-state index contributed by atoms with van der Waals surface area (Å²) in [4.78, 5) is 33.3. The molecule has 0 radical (unpaired) electrons. The van der Waals surface area contributed by atoms with E-state index in [9.17, 15) is 9.59 Å². The van der Waals surface area contributed by atoms with E-state index in [0.717, 1.165) is 112 Å². The maximum absolute atomic E-state index is 11.7. The van der Waals surface area contributed by atoms with E-state index in [1.54, 1.807) is 0 Å². The predicted molar refractivity (Wildman–Crippen MR) is 299 cm³/mol. The fourth-order valence-corrected chi connectivity index (χ4v) is 9.19. The van der Waals surface area contributed by atoms with Crippen LogP contribution in [-0.4, -0.2) is 72.5 Å². The highest BCUT2D eigenvalue weighted by Gasteiger charge is 2.18. The smallest absolute Gasteiger partial charge is 0.182 e. The van der Waals surface area contributed by atoms with Gasteiger partial charge in [-0.15, -0.1) is 10.2 Å². The zero-order valence-corrected chi connectivity index (χ0v) is 44.7. The summed E-state index contributed by atoms with van der Waals surface area (Å²) < 4.78 is 5.59. The lowest BCUT2D eigenvalue weighted by molar-refractivity contribution is 0.111. The van der Waals surface area contributed by atoms with E-state index in [1.165, 1.54) is 11.1 Å². The Morgan fingerprint density at radius 2 is 1.00 bits per heavy atom. The first-order chi connectivity index (χ1) is 36.8. The van der Waals surface area contributed by atoms with Crippen molar-refractivity contribution in [3.8, 4) is 45.0 Å². The van der Waals surface area contributed by atoms with Gasteiger partial charge in [0.25, 0.3) is 0 Å². The number of nitrogens with one attached hydrogen (secondary N) is 1. The number of carbonyl (C=O) groups is 2. The fourth-order valence-electron chi connectivity index (χ4n) is 8.38. The van der Waals surface area contributed by atoms with Crippen molar-refractivity contribution in [2.24, 2.45) is 0 Å². The highest BCUT2D eigenvalue weighted by molar-refractivity contribution is 9.08. The summed E-state index contributed by atoms with van der Waals surface area (Å²) in [5, 5.41) is 26.4. The van der Waals surface area contributed by atoms with Crippen molar-refractivity contribution >= 4 is 51.7 Å². The number of aromatic nitrogens is 12. The molecule has 17 heteroatoms. The minimum Gasteiger partial charge on any atom is -0.332 e. The summed E-state index contributed by atoms with van der Waals surface area (Å²) in [5.41, 5.74) is 11.7. The molecule has 0 fully saturated rings. The number of hydrogen-bond acceptors (Lipinski definition) is 10. The molecule has 1 N–H and O–H groups in total. The molecule has 6 aromatic carbocycles. The van der Waals surface area contributed by atoms with E-state index in [-0.39, 0.29) is 5.15 Å². The molecule has 10 rings (SSSR count). The van der Waals surface area contributed by atoms with Gasteiger partial charge in [0.2, 0.25) is 0 Å². The summed E-state index contributed by atoms with van der Waals surface area (Å²) in [6, 6.07) is 53.6. The van der Waals surface area contributed by atoms with Crippen LogP contribution in [0.3, 0.4) is 0 Å². The second-order valence-corrected chi connectivity index (χ2v) is 18.8. The summed E-state index contributed by atoms with van der Waals surface area (Å²) in [5.74, 6) is 3.12. The molecule has 0 bridgehead atoms. The largest absolute Gasteiger partial charge is 0.332 e. The van der Waals surface area contributed by atoms with Gasteiger partial charge in [-0.25, -0.2) is 19.3 Å². The van der Waals surface area contributed by atoms with Gasteiger partial charge >= 0.3 is 0 Å². The zero-order chi connectivity index (χ0) is 52.4. The van der Waals surface area contributed by atoms with Crippen molar-refractivity contribution in [1.29, 1.82) is 0 Å². The Morgan fingerprint density at radius 3 is 1.47 bits per heavy atom. The molecule has 0 amide bonds. The number of rotatable bonds is 19. The number of alkyl halides is 1. The second-order valence-electron chi connectivity index (χ2n) is 17.5. The number of imidazole rings is 2. The van der Waals surface area contributed by atoms with E-state index >= 15 is 0 Å². The van der Waals surface area contributed by atoms with Crippen molar-refractivity contribution in [3.05, 3.63) is 213 Å². The summed E-state index contributed by atoms with van der Waals surface area (Å²) in [6.07, 6.45) is 7.28. The van der Waals surface area contributed by atoms with Crippen molar-refractivity contribution < 1.29 is 9.59 Å². The van der Waals surface area contributed by atoms with Crippen LogP contribution in [0, 0.1) is 0 Å². The number of halogens is 3. The monoisotopic (exact) mass is 1100 g/mol. The number of hydrogen-bond donors (Lipinski definition) is 1. The predicted octanol–water partition coefficient (Wildman–Crippen LogP) is 13.3. The van der Waals surface area contributed by atoms with Gasteiger partial charge < -0.3 is 9.55 Å². The number of aldehydes is 2. The van der Waals surface area contributed by atoms with E-state index in [0.29, 0.717) is 48.3 Å². The van der Waals surface area contributed by atoms with Gasteiger partial charge in [0.1, 0.15) is 28.2 Å². The fraction of sp³-hybridized carbons (Fsp3) is 0.207. The topological polar surface area (TPSA) is 168 Å². The Bertz CT molecular complexity index is 3390. The van der Waals surface area contributed by atoms with Gasteiger partial charge in [0, 0.05) is 35.8 Å². The van der Waals surface area contributed by atoms with Gasteiger partial charge in [0.15, 0.2) is 29.4 Å². The number of tetrazole rings is 2. The van der Waals surface area contributed by atoms with Crippen LogP contribution in [0.15, 0.2) is 158 Å². The Kier molecular flexibility index (Phi) is 19.3. The molecule has 0 saturated heterocycles.